The van der Waals surface area contributed by atoms with Gasteiger partial charge in [0.05, 0.1) is 5.02 Å². The molecule has 0 radical (unpaired) electrons. The molecule has 88 valence electrons. The molecule has 6 heteroatoms. The molecular weight excluding hydrogens is 248 g/mol. The van der Waals surface area contributed by atoms with Crippen LogP contribution < -0.4 is 4.72 Å². The minimum absolute atomic E-state index is 0.0382. The minimum atomic E-state index is -3.52. The van der Waals surface area contributed by atoms with Crippen LogP contribution in [-0.2, 0) is 10.0 Å². The summed E-state index contributed by atoms with van der Waals surface area (Å²) in [6.45, 7) is 2.10. The number of halogens is 1. The maximum absolute atomic E-state index is 11.9. The molecule has 0 atom stereocenters. The fourth-order valence-corrected chi connectivity index (χ4v) is 3.53. The molecule has 0 saturated heterocycles. The summed E-state index contributed by atoms with van der Waals surface area (Å²) < 4.78 is 26.5. The van der Waals surface area contributed by atoms with Gasteiger partial charge >= 0.3 is 0 Å². The SMILES string of the molecule is CC1CC(NS(=O)(=O)c2cnccc2Cl)C1. The van der Waals surface area contributed by atoms with Gasteiger partial charge in [0.1, 0.15) is 4.90 Å². The van der Waals surface area contributed by atoms with Crippen molar-refractivity contribution < 1.29 is 8.42 Å². The van der Waals surface area contributed by atoms with Crippen molar-refractivity contribution in [3.63, 3.8) is 0 Å². The van der Waals surface area contributed by atoms with Crippen LogP contribution in [0.15, 0.2) is 23.4 Å². The Hall–Kier alpha value is -0.650. The van der Waals surface area contributed by atoms with Gasteiger partial charge in [-0.2, -0.15) is 0 Å². The van der Waals surface area contributed by atoms with E-state index in [9.17, 15) is 8.42 Å². The number of hydrogen-bond donors (Lipinski definition) is 1. The molecule has 1 aliphatic rings. The Balaban J connectivity index is 2.16. The Labute approximate surface area is 100 Å². The first-order chi connectivity index (χ1) is 7.49. The number of nitrogens with one attached hydrogen (secondary N) is 1. The molecule has 1 aromatic rings. The maximum atomic E-state index is 11.9. The van der Waals surface area contributed by atoms with E-state index in [0.29, 0.717) is 5.92 Å². The molecular formula is C10H13ClN2O2S. The molecule has 16 heavy (non-hydrogen) atoms. The first kappa shape index (κ1) is 11.8. The molecule has 0 aliphatic heterocycles. The molecule has 1 saturated carbocycles. The van der Waals surface area contributed by atoms with Gasteiger partial charge in [0.15, 0.2) is 0 Å². The highest BCUT2D eigenvalue weighted by Gasteiger charge is 2.30. The van der Waals surface area contributed by atoms with E-state index in [0.717, 1.165) is 12.8 Å². The zero-order chi connectivity index (χ0) is 11.8. The zero-order valence-electron chi connectivity index (χ0n) is 8.85. The van der Waals surface area contributed by atoms with Gasteiger partial charge in [0.2, 0.25) is 10.0 Å². The third-order valence-electron chi connectivity index (χ3n) is 2.72. The van der Waals surface area contributed by atoms with Crippen LogP contribution in [0, 0.1) is 5.92 Å². The molecule has 0 unspecified atom stereocenters. The smallest absolute Gasteiger partial charge is 0.243 e. The van der Waals surface area contributed by atoms with Gasteiger partial charge < -0.3 is 0 Å². The number of sulfonamides is 1. The van der Waals surface area contributed by atoms with Gasteiger partial charge in [-0.05, 0) is 24.8 Å². The second-order valence-corrected chi connectivity index (χ2v) is 6.29. The summed E-state index contributed by atoms with van der Waals surface area (Å²) in [6.07, 6.45) is 4.51. The second-order valence-electron chi connectivity index (χ2n) is 4.20. The number of pyridine rings is 1. The summed E-state index contributed by atoms with van der Waals surface area (Å²) in [5.74, 6) is 0.595. The predicted octanol–water partition coefficient (Wildman–Crippen LogP) is 1.81. The number of nitrogens with zero attached hydrogens (tertiary/aromatic N) is 1. The lowest BCUT2D eigenvalue weighted by molar-refractivity contribution is 0.270. The monoisotopic (exact) mass is 260 g/mol. The topological polar surface area (TPSA) is 59.1 Å². The Kier molecular flexibility index (Phi) is 3.19. The third-order valence-corrected chi connectivity index (χ3v) is 4.71. The van der Waals surface area contributed by atoms with Gasteiger partial charge in [0.25, 0.3) is 0 Å². The Morgan fingerprint density at radius 2 is 2.19 bits per heavy atom. The van der Waals surface area contributed by atoms with E-state index in [1.807, 2.05) is 0 Å². The van der Waals surface area contributed by atoms with E-state index < -0.39 is 10.0 Å². The Morgan fingerprint density at radius 1 is 1.50 bits per heavy atom. The van der Waals surface area contributed by atoms with Crippen molar-refractivity contribution in [2.75, 3.05) is 0 Å². The third kappa shape index (κ3) is 2.36. The van der Waals surface area contributed by atoms with Crippen LogP contribution in [0.3, 0.4) is 0 Å². The lowest BCUT2D eigenvalue weighted by Gasteiger charge is -2.32. The van der Waals surface area contributed by atoms with Crippen LogP contribution in [0.25, 0.3) is 0 Å². The summed E-state index contributed by atoms with van der Waals surface area (Å²) in [6, 6.07) is 1.51. The lowest BCUT2D eigenvalue weighted by atomic mass is 9.83. The van der Waals surface area contributed by atoms with Crippen molar-refractivity contribution in [1.82, 2.24) is 9.71 Å². The second kappa shape index (κ2) is 4.31. The van der Waals surface area contributed by atoms with Crippen LogP contribution in [0.2, 0.25) is 5.02 Å². The summed E-state index contributed by atoms with van der Waals surface area (Å²) in [4.78, 5) is 3.83. The van der Waals surface area contributed by atoms with E-state index >= 15 is 0 Å². The molecule has 0 bridgehead atoms. The molecule has 1 aliphatic carbocycles. The fraction of sp³-hybridized carbons (Fsp3) is 0.500. The standard InChI is InChI=1S/C10H13ClN2O2S/c1-7-4-8(5-7)13-16(14,15)10-6-12-3-2-9(10)11/h2-3,6-8,13H,4-5H2,1H3. The van der Waals surface area contributed by atoms with Gasteiger partial charge in [-0.1, -0.05) is 18.5 Å². The van der Waals surface area contributed by atoms with Crippen molar-refractivity contribution >= 4 is 21.6 Å². The minimum Gasteiger partial charge on any atom is -0.263 e. The van der Waals surface area contributed by atoms with Crippen LogP contribution in [0.5, 0.6) is 0 Å². The molecule has 1 aromatic heterocycles. The zero-order valence-corrected chi connectivity index (χ0v) is 10.4. The quantitative estimate of drug-likeness (QED) is 0.902. The van der Waals surface area contributed by atoms with Gasteiger partial charge in [-0.25, -0.2) is 13.1 Å². The largest absolute Gasteiger partial charge is 0.263 e. The normalized spacial score (nSPS) is 25.1. The van der Waals surface area contributed by atoms with Crippen molar-refractivity contribution in [3.05, 3.63) is 23.5 Å². The molecule has 0 aromatic carbocycles. The van der Waals surface area contributed by atoms with Crippen molar-refractivity contribution in [2.24, 2.45) is 5.92 Å². The van der Waals surface area contributed by atoms with Gasteiger partial charge in [-0.3, -0.25) is 4.98 Å². The highest BCUT2D eigenvalue weighted by molar-refractivity contribution is 7.89. The average Bonchev–Trinajstić information content (AvgIpc) is 2.15. The van der Waals surface area contributed by atoms with E-state index in [1.165, 1.54) is 18.5 Å². The Morgan fingerprint density at radius 3 is 2.75 bits per heavy atom. The van der Waals surface area contributed by atoms with E-state index in [2.05, 4.69) is 16.6 Å². The van der Waals surface area contributed by atoms with Gasteiger partial charge in [0, 0.05) is 18.4 Å². The van der Waals surface area contributed by atoms with Crippen molar-refractivity contribution in [1.29, 1.82) is 0 Å². The molecule has 1 heterocycles. The fourth-order valence-electron chi connectivity index (χ4n) is 1.84. The van der Waals surface area contributed by atoms with Crippen LogP contribution in [0.1, 0.15) is 19.8 Å². The molecule has 0 spiro atoms. The van der Waals surface area contributed by atoms with E-state index in [4.69, 9.17) is 11.6 Å². The molecule has 4 nitrogen and oxygen atoms in total. The molecule has 1 N–H and O–H groups in total. The summed E-state index contributed by atoms with van der Waals surface area (Å²) in [5.41, 5.74) is 0. The molecule has 1 fully saturated rings. The average molecular weight is 261 g/mol. The van der Waals surface area contributed by atoms with Crippen LogP contribution in [-0.4, -0.2) is 19.4 Å². The summed E-state index contributed by atoms with van der Waals surface area (Å²) in [7, 11) is -3.52. The first-order valence-electron chi connectivity index (χ1n) is 5.11. The predicted molar refractivity (Wildman–Crippen MR) is 61.8 cm³/mol. The number of aromatic nitrogens is 1. The van der Waals surface area contributed by atoms with Crippen LogP contribution >= 0.6 is 11.6 Å². The van der Waals surface area contributed by atoms with Crippen molar-refractivity contribution in [3.8, 4) is 0 Å². The molecule has 0 amide bonds. The van der Waals surface area contributed by atoms with Gasteiger partial charge in [-0.15, -0.1) is 0 Å². The van der Waals surface area contributed by atoms with Crippen LogP contribution in [0.4, 0.5) is 0 Å². The Bertz CT molecular complexity index is 483. The maximum Gasteiger partial charge on any atom is 0.243 e. The highest BCUT2D eigenvalue weighted by atomic mass is 35.5. The van der Waals surface area contributed by atoms with E-state index in [-0.39, 0.29) is 16.0 Å². The summed E-state index contributed by atoms with van der Waals surface area (Å²) in [5, 5.41) is 0.204. The number of rotatable bonds is 3. The van der Waals surface area contributed by atoms with E-state index in [1.54, 1.807) is 0 Å². The summed E-state index contributed by atoms with van der Waals surface area (Å²) >= 11 is 5.82. The van der Waals surface area contributed by atoms with Crippen molar-refractivity contribution in [2.45, 2.75) is 30.7 Å². The molecule has 2 rings (SSSR count). The number of hydrogen-bond acceptors (Lipinski definition) is 3. The first-order valence-corrected chi connectivity index (χ1v) is 6.97. The lowest BCUT2D eigenvalue weighted by Crippen LogP contribution is -2.43. The highest BCUT2D eigenvalue weighted by Crippen LogP contribution is 2.28.